The monoisotopic (exact) mass is 946 g/mol. The molecule has 4 amide bonds. The molecule has 17 heteroatoms. The molecular formula is C52H66N8O9. The summed E-state index contributed by atoms with van der Waals surface area (Å²) >= 11 is 0. The summed E-state index contributed by atoms with van der Waals surface area (Å²) in [7, 11) is 1.32. The number of aromatic nitrogens is 4. The number of fused-ring (bicyclic) bond motifs is 6. The highest BCUT2D eigenvalue weighted by atomic mass is 16.5. The number of H-pyrrole nitrogens is 2. The molecule has 0 spiro atoms. The molecule has 0 unspecified atom stereocenters. The topological polar surface area (TPSA) is 213 Å². The molecule has 10 atom stereocenters. The highest BCUT2D eigenvalue weighted by Gasteiger charge is 2.46. The zero-order valence-corrected chi connectivity index (χ0v) is 40.7. The highest BCUT2D eigenvalue weighted by Crippen LogP contribution is 2.47. The van der Waals surface area contributed by atoms with Crippen LogP contribution < -0.4 is 15.4 Å². The van der Waals surface area contributed by atoms with Crippen molar-refractivity contribution in [3.8, 4) is 39.4 Å². The number of nitrogens with one attached hydrogen (secondary N) is 4. The quantitative estimate of drug-likeness (QED) is 0.108. The minimum absolute atomic E-state index is 0.0328. The van der Waals surface area contributed by atoms with Gasteiger partial charge in [0.05, 0.1) is 66.9 Å². The van der Waals surface area contributed by atoms with Gasteiger partial charge in [-0.05, 0) is 158 Å². The molecule has 4 saturated heterocycles. The first kappa shape index (κ1) is 46.8. The molecule has 17 nitrogen and oxygen atoms in total. The molecule has 4 fully saturated rings. The minimum atomic E-state index is -1.21. The molecule has 4 aromatic rings. The molecule has 10 rings (SSSR count). The summed E-state index contributed by atoms with van der Waals surface area (Å²) in [5.41, 5.74) is 9.11. The molecule has 69 heavy (non-hydrogen) atoms. The first-order valence-electron chi connectivity index (χ1n) is 25.0. The Morgan fingerprint density at radius 1 is 0.725 bits per heavy atom. The van der Waals surface area contributed by atoms with Gasteiger partial charge >= 0.3 is 12.2 Å². The number of carbonyl (C=O) groups excluding carboxylic acids is 3. The molecule has 2 aromatic heterocycles. The molecule has 5 aliphatic heterocycles. The Morgan fingerprint density at radius 2 is 1.33 bits per heavy atom. The van der Waals surface area contributed by atoms with E-state index in [9.17, 15) is 24.3 Å². The molecule has 0 saturated carbocycles. The average molecular weight is 947 g/mol. The maximum absolute atomic E-state index is 14.5. The van der Waals surface area contributed by atoms with Crippen LogP contribution in [0.1, 0.15) is 133 Å². The first-order chi connectivity index (χ1) is 33.1. The zero-order chi connectivity index (χ0) is 48.4. The fourth-order valence-electron chi connectivity index (χ4n) is 12.7. The van der Waals surface area contributed by atoms with E-state index in [1.54, 1.807) is 0 Å². The second-order valence-corrected chi connectivity index (χ2v) is 20.7. The van der Waals surface area contributed by atoms with Crippen molar-refractivity contribution in [2.45, 2.75) is 173 Å². The number of amides is 4. The van der Waals surface area contributed by atoms with E-state index in [0.717, 1.165) is 95.0 Å². The number of carbonyl (C=O) groups is 4. The molecule has 368 valence electrons. The zero-order valence-electron chi connectivity index (χ0n) is 40.7. The number of aryl methyl sites for hydroxylation is 2. The Hall–Kier alpha value is -5.94. The van der Waals surface area contributed by atoms with E-state index in [0.29, 0.717) is 38.1 Å². The van der Waals surface area contributed by atoms with Crippen LogP contribution in [0.5, 0.6) is 5.75 Å². The average Bonchev–Trinajstić information content (AvgIpc) is 4.14. The molecule has 7 heterocycles. The second kappa shape index (κ2) is 18.8. The van der Waals surface area contributed by atoms with Crippen LogP contribution in [-0.2, 0) is 43.2 Å². The maximum atomic E-state index is 14.5. The van der Waals surface area contributed by atoms with Gasteiger partial charge in [-0.1, -0.05) is 12.1 Å². The van der Waals surface area contributed by atoms with Crippen molar-refractivity contribution in [1.29, 1.82) is 0 Å². The van der Waals surface area contributed by atoms with Crippen LogP contribution in [0, 0.1) is 11.8 Å². The smallest absolute Gasteiger partial charge is 0.407 e. The number of aromatic amines is 2. The number of carboxylic acid groups (broad SMARTS) is 1. The van der Waals surface area contributed by atoms with Gasteiger partial charge < -0.3 is 54.5 Å². The van der Waals surface area contributed by atoms with Crippen molar-refractivity contribution in [3.63, 3.8) is 0 Å². The van der Waals surface area contributed by atoms with Crippen molar-refractivity contribution >= 4 is 24.0 Å². The van der Waals surface area contributed by atoms with E-state index in [2.05, 4.69) is 57.9 Å². The van der Waals surface area contributed by atoms with Crippen LogP contribution in [-0.4, -0.2) is 115 Å². The molecule has 2 aromatic carbocycles. The Bertz CT molecular complexity index is 2610. The van der Waals surface area contributed by atoms with Crippen LogP contribution in [0.15, 0.2) is 36.5 Å². The van der Waals surface area contributed by atoms with Gasteiger partial charge in [-0.15, -0.1) is 0 Å². The van der Waals surface area contributed by atoms with Gasteiger partial charge in [-0.3, -0.25) is 9.59 Å². The molecule has 1 aliphatic carbocycles. The normalized spacial score (nSPS) is 29.1. The SMILES string of the molecule is COC(=O)N[C@H](C(=O)N1[C@@H](C)CC[C@H]1c1ncc(-c2ccc3c(c2)COc2cc4c(cc2-3)CCc2nc([C@@H]3CC[C@H](C)N3C(=O)[C@@H](NC(=O)O)C3C[C@@H](C)O[C@H](C)C3)[nH]c2-4)[nH]1)C1C[C@@H](C)O[C@H](C)C1. The third kappa shape index (κ3) is 8.96. The second-order valence-electron chi connectivity index (χ2n) is 20.7. The number of likely N-dealkylation sites (tertiary alicyclic amines) is 2. The largest absolute Gasteiger partial charge is 0.488 e. The highest BCUT2D eigenvalue weighted by molar-refractivity contribution is 5.88. The summed E-state index contributed by atoms with van der Waals surface area (Å²) in [4.78, 5) is 74.6. The Balaban J connectivity index is 0.873. The van der Waals surface area contributed by atoms with Crippen LogP contribution in [0.4, 0.5) is 9.59 Å². The Morgan fingerprint density at radius 3 is 1.94 bits per heavy atom. The summed E-state index contributed by atoms with van der Waals surface area (Å²) in [6.07, 6.45) is 6.91. The summed E-state index contributed by atoms with van der Waals surface area (Å²) in [6.45, 7) is 12.4. The van der Waals surface area contributed by atoms with Crippen LogP contribution in [0.25, 0.3) is 33.6 Å². The predicted molar refractivity (Wildman–Crippen MR) is 255 cm³/mol. The van der Waals surface area contributed by atoms with Gasteiger partial charge in [0.2, 0.25) is 11.8 Å². The van der Waals surface area contributed by atoms with E-state index < -0.39 is 24.3 Å². The lowest BCUT2D eigenvalue weighted by Gasteiger charge is -2.39. The van der Waals surface area contributed by atoms with Gasteiger partial charge in [0.1, 0.15) is 36.1 Å². The Labute approximate surface area is 402 Å². The van der Waals surface area contributed by atoms with Gasteiger partial charge in [-0.2, -0.15) is 0 Å². The fourth-order valence-corrected chi connectivity index (χ4v) is 12.7. The van der Waals surface area contributed by atoms with Crippen molar-refractivity contribution in [2.24, 2.45) is 11.8 Å². The van der Waals surface area contributed by atoms with Gasteiger partial charge in [-0.25, -0.2) is 19.6 Å². The lowest BCUT2D eigenvalue weighted by atomic mass is 9.85. The lowest BCUT2D eigenvalue weighted by Crippen LogP contribution is -2.55. The van der Waals surface area contributed by atoms with Gasteiger partial charge in [0.25, 0.3) is 0 Å². The molecular weight excluding hydrogens is 881 g/mol. The standard InChI is InChI=1S/C52H66N8O9/c1-25-8-14-41(59(25)50(62)45(58-52(65)66-7)34-18-29(5)69-30(6)19-34)47-53-23-40(55-47)32-10-12-36-35(20-32)24-67-43-22-37-31(21-38(36)43)11-13-39-46(37)56-48(54-39)42-15-9-26(2)60(42)49(61)44(57-51(63)64)33-16-27(3)68-28(4)17-33/h10,12,20-23,25-30,33-34,41-42,44-45,57H,8-9,11,13-19,24H2,1-7H3,(H,53,55)(H,54,56)(H,58,65)(H,63,64)/t25-,26-,27+,28+,29+,30+,41-,42-,44-,45-/m0/s1. The lowest BCUT2D eigenvalue weighted by molar-refractivity contribution is -0.141. The Kier molecular flexibility index (Phi) is 12.7. The van der Waals surface area contributed by atoms with E-state index in [-0.39, 0.29) is 72.2 Å². The van der Waals surface area contributed by atoms with Crippen LogP contribution >= 0.6 is 0 Å². The number of nitrogens with zero attached hydrogens (tertiary/aromatic N) is 4. The number of hydrogen-bond acceptors (Lipinski definition) is 10. The number of ether oxygens (including phenoxy) is 4. The summed E-state index contributed by atoms with van der Waals surface area (Å²) in [5, 5.41) is 15.3. The fraction of sp³-hybridized carbons (Fsp3) is 0.577. The van der Waals surface area contributed by atoms with E-state index in [4.69, 9.17) is 28.9 Å². The number of hydrogen-bond donors (Lipinski definition) is 5. The van der Waals surface area contributed by atoms with Crippen molar-refractivity contribution in [2.75, 3.05) is 7.11 Å². The molecule has 5 N–H and O–H groups in total. The van der Waals surface area contributed by atoms with Crippen LogP contribution in [0.3, 0.4) is 0 Å². The third-order valence-corrected chi connectivity index (χ3v) is 15.7. The number of imidazole rings is 2. The number of alkyl carbamates (subject to hydrolysis) is 1. The van der Waals surface area contributed by atoms with Crippen molar-refractivity contribution in [3.05, 3.63) is 65.0 Å². The molecule has 0 bridgehead atoms. The molecule has 0 radical (unpaired) electrons. The number of rotatable bonds is 9. The summed E-state index contributed by atoms with van der Waals surface area (Å²) in [6, 6.07) is 8.41. The third-order valence-electron chi connectivity index (χ3n) is 15.7. The minimum Gasteiger partial charge on any atom is -0.488 e. The number of methoxy groups -OCH3 is 1. The van der Waals surface area contributed by atoms with E-state index in [1.165, 1.54) is 12.7 Å². The maximum Gasteiger partial charge on any atom is 0.407 e. The molecule has 6 aliphatic rings. The predicted octanol–water partition coefficient (Wildman–Crippen LogP) is 8.00. The van der Waals surface area contributed by atoms with Gasteiger partial charge in [0.15, 0.2) is 0 Å². The van der Waals surface area contributed by atoms with Gasteiger partial charge in [0, 0.05) is 23.2 Å². The van der Waals surface area contributed by atoms with Crippen molar-refractivity contribution < 1.29 is 43.2 Å². The van der Waals surface area contributed by atoms with E-state index >= 15 is 0 Å². The summed E-state index contributed by atoms with van der Waals surface area (Å²) in [5.74, 6) is 1.62. The first-order valence-corrected chi connectivity index (χ1v) is 25.0. The van der Waals surface area contributed by atoms with Crippen molar-refractivity contribution in [1.82, 2.24) is 40.4 Å². The number of benzene rings is 2. The summed E-state index contributed by atoms with van der Waals surface area (Å²) < 4.78 is 23.4. The van der Waals surface area contributed by atoms with Crippen LogP contribution in [0.2, 0.25) is 0 Å². The van der Waals surface area contributed by atoms with E-state index in [1.807, 2.05) is 50.6 Å².